The maximum absolute atomic E-state index is 13.6. The number of amides is 1. The number of fused-ring (bicyclic) bond motifs is 1. The van der Waals surface area contributed by atoms with Crippen molar-refractivity contribution in [3.63, 3.8) is 0 Å². The van der Waals surface area contributed by atoms with Crippen molar-refractivity contribution in [3.05, 3.63) is 100 Å². The third-order valence-electron chi connectivity index (χ3n) is 5.63. The van der Waals surface area contributed by atoms with Crippen LogP contribution in [0, 0.1) is 0 Å². The molecule has 0 atom stereocenters. The summed E-state index contributed by atoms with van der Waals surface area (Å²) < 4.78 is 39.0. The van der Waals surface area contributed by atoms with Gasteiger partial charge in [-0.3, -0.25) is 4.79 Å². The normalized spacial score (nSPS) is 13.9. The van der Waals surface area contributed by atoms with Crippen LogP contribution >= 0.6 is 0 Å². The summed E-state index contributed by atoms with van der Waals surface area (Å²) in [4.78, 5) is 23.8. The summed E-state index contributed by atoms with van der Waals surface area (Å²) in [7, 11) is -3.94. The molecule has 1 aliphatic rings. The largest absolute Gasteiger partial charge is 0.468 e. The SMILES string of the molecule is O=C(NC1CC1)c1ccc(CN(Cc2ccco2)S(=O)(=O)c2ccc3oc(=O)ccc3c2)cc1. The van der Waals surface area contributed by atoms with Crippen LogP contribution in [0.3, 0.4) is 0 Å². The number of hydrogen-bond donors (Lipinski definition) is 1. The highest BCUT2D eigenvalue weighted by atomic mass is 32.2. The topological polar surface area (TPSA) is 110 Å². The van der Waals surface area contributed by atoms with Crippen LogP contribution in [0.1, 0.15) is 34.5 Å². The number of nitrogens with zero attached hydrogens (tertiary/aromatic N) is 1. The number of sulfonamides is 1. The second-order valence-electron chi connectivity index (χ2n) is 8.25. The van der Waals surface area contributed by atoms with Crippen molar-refractivity contribution in [1.29, 1.82) is 0 Å². The first-order chi connectivity index (χ1) is 16.4. The minimum absolute atomic E-state index is 0.0289. The Balaban J connectivity index is 1.43. The van der Waals surface area contributed by atoms with Crippen LogP contribution < -0.4 is 10.9 Å². The Labute approximate surface area is 195 Å². The third kappa shape index (κ3) is 4.80. The molecule has 0 aliphatic heterocycles. The maximum Gasteiger partial charge on any atom is 0.336 e. The van der Waals surface area contributed by atoms with Gasteiger partial charge in [-0.1, -0.05) is 12.1 Å². The Morgan fingerprint density at radius 2 is 1.79 bits per heavy atom. The number of benzene rings is 2. The number of nitrogens with one attached hydrogen (secondary N) is 1. The van der Waals surface area contributed by atoms with Gasteiger partial charge in [0, 0.05) is 29.6 Å². The molecular weight excluding hydrogens is 456 g/mol. The molecule has 1 fully saturated rings. The molecule has 174 valence electrons. The molecule has 1 N–H and O–H groups in total. The van der Waals surface area contributed by atoms with E-state index in [2.05, 4.69) is 5.32 Å². The van der Waals surface area contributed by atoms with Gasteiger partial charge in [-0.25, -0.2) is 13.2 Å². The summed E-state index contributed by atoms with van der Waals surface area (Å²) in [5, 5.41) is 3.44. The smallest absolute Gasteiger partial charge is 0.336 e. The van der Waals surface area contributed by atoms with E-state index >= 15 is 0 Å². The van der Waals surface area contributed by atoms with E-state index in [1.807, 2.05) is 0 Å². The number of rotatable bonds is 8. The molecule has 0 unspecified atom stereocenters. The minimum atomic E-state index is -3.94. The molecule has 5 rings (SSSR count). The average molecular weight is 479 g/mol. The third-order valence-corrected chi connectivity index (χ3v) is 7.42. The molecule has 8 nitrogen and oxygen atoms in total. The second kappa shape index (κ2) is 8.92. The maximum atomic E-state index is 13.6. The summed E-state index contributed by atoms with van der Waals surface area (Å²) in [6.45, 7) is 0.108. The van der Waals surface area contributed by atoms with E-state index in [-0.39, 0.29) is 29.9 Å². The van der Waals surface area contributed by atoms with Crippen LogP contribution in [-0.4, -0.2) is 24.7 Å². The first-order valence-corrected chi connectivity index (χ1v) is 12.3. The predicted octanol–water partition coefficient (Wildman–Crippen LogP) is 3.67. The van der Waals surface area contributed by atoms with Crippen LogP contribution in [0.25, 0.3) is 11.0 Å². The molecule has 1 aliphatic carbocycles. The molecule has 0 saturated heterocycles. The molecular formula is C25H22N2O6S. The van der Waals surface area contributed by atoms with Gasteiger partial charge in [0.2, 0.25) is 10.0 Å². The summed E-state index contributed by atoms with van der Waals surface area (Å²) >= 11 is 0. The number of carbonyl (C=O) groups excluding carboxylic acids is 1. The van der Waals surface area contributed by atoms with Crippen molar-refractivity contribution in [1.82, 2.24) is 9.62 Å². The Bertz CT molecular complexity index is 1490. The van der Waals surface area contributed by atoms with E-state index < -0.39 is 15.6 Å². The quantitative estimate of drug-likeness (QED) is 0.387. The second-order valence-corrected chi connectivity index (χ2v) is 10.2. The lowest BCUT2D eigenvalue weighted by atomic mass is 10.1. The van der Waals surface area contributed by atoms with E-state index in [4.69, 9.17) is 8.83 Å². The molecule has 1 amide bonds. The van der Waals surface area contributed by atoms with E-state index in [1.54, 1.807) is 36.4 Å². The molecule has 34 heavy (non-hydrogen) atoms. The lowest BCUT2D eigenvalue weighted by molar-refractivity contribution is 0.0951. The van der Waals surface area contributed by atoms with E-state index in [9.17, 15) is 18.0 Å². The molecule has 2 aromatic carbocycles. The first-order valence-electron chi connectivity index (χ1n) is 10.8. The van der Waals surface area contributed by atoms with Gasteiger partial charge in [-0.05, 0) is 66.9 Å². The number of furan rings is 1. The molecule has 2 aromatic heterocycles. The fourth-order valence-corrected chi connectivity index (χ4v) is 5.05. The monoisotopic (exact) mass is 478 g/mol. The van der Waals surface area contributed by atoms with Crippen LogP contribution in [0.2, 0.25) is 0 Å². The van der Waals surface area contributed by atoms with Crippen molar-refractivity contribution >= 4 is 26.9 Å². The molecule has 4 aromatic rings. The lowest BCUT2D eigenvalue weighted by Gasteiger charge is -2.22. The van der Waals surface area contributed by atoms with Gasteiger partial charge < -0.3 is 14.2 Å². The van der Waals surface area contributed by atoms with Gasteiger partial charge >= 0.3 is 5.63 Å². The molecule has 0 bridgehead atoms. The minimum Gasteiger partial charge on any atom is -0.468 e. The standard InChI is InChI=1S/C25H22N2O6S/c28-24-12-7-19-14-22(10-11-23(19)33-24)34(30,31)27(16-21-2-1-13-32-21)15-17-3-5-18(6-4-17)25(29)26-20-8-9-20/h1-7,10-14,20H,8-9,15-16H2,(H,26,29). The van der Waals surface area contributed by atoms with Crippen LogP contribution in [-0.2, 0) is 23.1 Å². The van der Waals surface area contributed by atoms with Gasteiger partial charge in [0.05, 0.1) is 17.7 Å². The zero-order valence-electron chi connectivity index (χ0n) is 18.1. The highest BCUT2D eigenvalue weighted by Gasteiger charge is 2.27. The van der Waals surface area contributed by atoms with Crippen LogP contribution in [0.4, 0.5) is 0 Å². The highest BCUT2D eigenvalue weighted by molar-refractivity contribution is 7.89. The Morgan fingerprint density at radius 1 is 1.00 bits per heavy atom. The lowest BCUT2D eigenvalue weighted by Crippen LogP contribution is -2.30. The van der Waals surface area contributed by atoms with Gasteiger partial charge in [-0.2, -0.15) is 4.31 Å². The van der Waals surface area contributed by atoms with Gasteiger partial charge in [0.15, 0.2) is 0 Å². The van der Waals surface area contributed by atoms with Crippen molar-refractivity contribution in [2.45, 2.75) is 36.9 Å². The molecule has 0 radical (unpaired) electrons. The molecule has 2 heterocycles. The Morgan fingerprint density at radius 3 is 2.50 bits per heavy atom. The van der Waals surface area contributed by atoms with Crippen molar-refractivity contribution in [3.8, 4) is 0 Å². The zero-order chi connectivity index (χ0) is 23.7. The highest BCUT2D eigenvalue weighted by Crippen LogP contribution is 2.25. The summed E-state index contributed by atoms with van der Waals surface area (Å²) in [5.74, 6) is 0.368. The van der Waals surface area contributed by atoms with Gasteiger partial charge in [0.25, 0.3) is 5.91 Å². The summed E-state index contributed by atoms with van der Waals surface area (Å²) in [6.07, 6.45) is 3.50. The van der Waals surface area contributed by atoms with E-state index in [1.165, 1.54) is 40.9 Å². The van der Waals surface area contributed by atoms with Crippen molar-refractivity contribution < 1.29 is 22.0 Å². The zero-order valence-corrected chi connectivity index (χ0v) is 19.0. The predicted molar refractivity (Wildman–Crippen MR) is 125 cm³/mol. The fourth-order valence-electron chi connectivity index (χ4n) is 3.62. The van der Waals surface area contributed by atoms with Gasteiger partial charge in [-0.15, -0.1) is 0 Å². The Kier molecular flexibility index (Phi) is 5.80. The van der Waals surface area contributed by atoms with E-state index in [0.29, 0.717) is 22.3 Å². The van der Waals surface area contributed by atoms with Gasteiger partial charge in [0.1, 0.15) is 11.3 Å². The number of carbonyl (C=O) groups is 1. The summed E-state index contributed by atoms with van der Waals surface area (Å²) in [6, 6.07) is 17.7. The van der Waals surface area contributed by atoms with E-state index in [0.717, 1.165) is 18.4 Å². The first kappa shape index (κ1) is 22.1. The van der Waals surface area contributed by atoms with Crippen molar-refractivity contribution in [2.24, 2.45) is 0 Å². The molecule has 1 saturated carbocycles. The molecule has 9 heteroatoms. The van der Waals surface area contributed by atoms with Crippen LogP contribution in [0.15, 0.2) is 91.5 Å². The fraction of sp³-hybridized carbons (Fsp3) is 0.200. The summed E-state index contributed by atoms with van der Waals surface area (Å²) in [5.41, 5.74) is 1.07. The average Bonchev–Trinajstić information content (AvgIpc) is 3.49. The Hall–Kier alpha value is -3.69. The number of hydrogen-bond acceptors (Lipinski definition) is 6. The van der Waals surface area contributed by atoms with Crippen molar-refractivity contribution in [2.75, 3.05) is 0 Å². The van der Waals surface area contributed by atoms with Crippen LogP contribution in [0.5, 0.6) is 0 Å². The molecule has 0 spiro atoms.